The van der Waals surface area contributed by atoms with Gasteiger partial charge in [-0.3, -0.25) is 9.48 Å². The molecule has 5 nitrogen and oxygen atoms in total. The lowest BCUT2D eigenvalue weighted by molar-refractivity contribution is -0.131. The minimum atomic E-state index is -0.706. The number of aromatic nitrogens is 2. The lowest BCUT2D eigenvalue weighted by Crippen LogP contribution is -2.54. The van der Waals surface area contributed by atoms with Crippen LogP contribution in [0.4, 0.5) is 8.78 Å². The molecule has 0 bridgehead atoms. The average molecular weight is 371 g/mol. The van der Waals surface area contributed by atoms with E-state index in [0.717, 1.165) is 19.2 Å². The molecule has 1 saturated heterocycles. The number of benzene rings is 1. The molecule has 136 valence electrons. The summed E-state index contributed by atoms with van der Waals surface area (Å²) in [5.74, 6) is -1.32. The molecule has 0 unspecified atom stereocenters. The molecule has 1 amide bonds. The van der Waals surface area contributed by atoms with Gasteiger partial charge in [-0.1, -0.05) is 0 Å². The molecule has 3 rings (SSSR count). The number of amides is 1. The highest BCUT2D eigenvalue weighted by Gasteiger charge is 2.41. The van der Waals surface area contributed by atoms with E-state index >= 15 is 0 Å². The molecule has 2 aromatic rings. The summed E-state index contributed by atoms with van der Waals surface area (Å²) >= 11 is 0. The highest BCUT2D eigenvalue weighted by Crippen LogP contribution is 2.27. The Morgan fingerprint density at radius 1 is 1.24 bits per heavy atom. The first-order valence-corrected chi connectivity index (χ1v) is 8.04. The number of rotatable bonds is 5. The Bertz CT molecular complexity index is 682. The standard InChI is InChI=1S/C17H20F2N4O.ClH/c18-14-10-13(11-15(19)12-14)2-6-21-16(24)17(3-7-20-8-4-17)23-9-1-5-22-23;/h1,5,9-12,20H,2-4,6-8H2,(H,21,24);1H. The van der Waals surface area contributed by atoms with Crippen LogP contribution in [0.25, 0.3) is 0 Å². The fraction of sp³-hybridized carbons (Fsp3) is 0.412. The topological polar surface area (TPSA) is 59.0 Å². The monoisotopic (exact) mass is 370 g/mol. The van der Waals surface area contributed by atoms with Gasteiger partial charge in [0, 0.05) is 25.0 Å². The van der Waals surface area contributed by atoms with E-state index in [-0.39, 0.29) is 18.3 Å². The van der Waals surface area contributed by atoms with Crippen molar-refractivity contribution in [2.24, 2.45) is 0 Å². The van der Waals surface area contributed by atoms with Gasteiger partial charge in [-0.2, -0.15) is 5.10 Å². The molecule has 1 aliphatic rings. The highest BCUT2D eigenvalue weighted by molar-refractivity contribution is 5.85. The first-order valence-electron chi connectivity index (χ1n) is 8.04. The molecule has 1 aliphatic heterocycles. The third kappa shape index (κ3) is 4.35. The van der Waals surface area contributed by atoms with E-state index in [2.05, 4.69) is 15.7 Å². The fourth-order valence-electron chi connectivity index (χ4n) is 3.16. The van der Waals surface area contributed by atoms with Gasteiger partial charge in [-0.15, -0.1) is 12.4 Å². The molecule has 0 aliphatic carbocycles. The van der Waals surface area contributed by atoms with E-state index < -0.39 is 17.2 Å². The van der Waals surface area contributed by atoms with E-state index in [1.165, 1.54) is 12.1 Å². The Morgan fingerprint density at radius 3 is 2.52 bits per heavy atom. The van der Waals surface area contributed by atoms with E-state index in [0.29, 0.717) is 31.4 Å². The Labute approximate surface area is 151 Å². The number of hydrogen-bond donors (Lipinski definition) is 2. The fourth-order valence-corrected chi connectivity index (χ4v) is 3.16. The second-order valence-corrected chi connectivity index (χ2v) is 6.02. The van der Waals surface area contributed by atoms with Crippen molar-refractivity contribution >= 4 is 18.3 Å². The van der Waals surface area contributed by atoms with Gasteiger partial charge in [0.25, 0.3) is 0 Å². The quantitative estimate of drug-likeness (QED) is 0.846. The van der Waals surface area contributed by atoms with E-state index in [9.17, 15) is 13.6 Å². The number of nitrogens with zero attached hydrogens (tertiary/aromatic N) is 2. The molecule has 0 spiro atoms. The summed E-state index contributed by atoms with van der Waals surface area (Å²) in [5, 5.41) is 10.4. The summed E-state index contributed by atoms with van der Waals surface area (Å²) in [6.45, 7) is 1.79. The minimum absolute atomic E-state index is 0. The van der Waals surface area contributed by atoms with Crippen molar-refractivity contribution < 1.29 is 13.6 Å². The normalized spacial score (nSPS) is 16.1. The molecule has 1 aromatic heterocycles. The van der Waals surface area contributed by atoms with Crippen LogP contribution in [0.5, 0.6) is 0 Å². The van der Waals surface area contributed by atoms with Crippen LogP contribution in [0.15, 0.2) is 36.7 Å². The molecule has 1 aromatic carbocycles. The van der Waals surface area contributed by atoms with Crippen molar-refractivity contribution in [1.29, 1.82) is 0 Å². The summed E-state index contributed by atoms with van der Waals surface area (Å²) in [6.07, 6.45) is 5.12. The summed E-state index contributed by atoms with van der Waals surface area (Å²) < 4.78 is 28.1. The van der Waals surface area contributed by atoms with Crippen LogP contribution in [0, 0.1) is 11.6 Å². The van der Waals surface area contributed by atoms with Crippen molar-refractivity contribution in [3.63, 3.8) is 0 Å². The maximum Gasteiger partial charge on any atom is 0.248 e. The summed E-state index contributed by atoms with van der Waals surface area (Å²) in [6, 6.07) is 5.20. The van der Waals surface area contributed by atoms with E-state index in [1.807, 2.05) is 0 Å². The van der Waals surface area contributed by atoms with Crippen LogP contribution in [-0.2, 0) is 16.8 Å². The van der Waals surface area contributed by atoms with Gasteiger partial charge < -0.3 is 10.6 Å². The van der Waals surface area contributed by atoms with Crippen LogP contribution in [0.1, 0.15) is 18.4 Å². The molecule has 8 heteroatoms. The SMILES string of the molecule is Cl.O=C(NCCc1cc(F)cc(F)c1)C1(n2cccn2)CCNCC1. The maximum atomic E-state index is 13.2. The van der Waals surface area contributed by atoms with Gasteiger partial charge in [0.2, 0.25) is 5.91 Å². The number of carbonyl (C=O) groups excluding carboxylic acids is 1. The van der Waals surface area contributed by atoms with Crippen LogP contribution < -0.4 is 10.6 Å². The molecule has 2 heterocycles. The zero-order chi connectivity index (χ0) is 17.0. The Kier molecular flexibility index (Phi) is 6.50. The third-order valence-electron chi connectivity index (χ3n) is 4.42. The van der Waals surface area contributed by atoms with Crippen LogP contribution in [0.2, 0.25) is 0 Å². The van der Waals surface area contributed by atoms with E-state index in [1.54, 1.807) is 23.1 Å². The zero-order valence-electron chi connectivity index (χ0n) is 13.7. The Hall–Kier alpha value is -1.99. The average Bonchev–Trinajstić information content (AvgIpc) is 3.09. The highest BCUT2D eigenvalue weighted by atomic mass is 35.5. The van der Waals surface area contributed by atoms with Gasteiger partial charge in [-0.25, -0.2) is 8.78 Å². The van der Waals surface area contributed by atoms with Crippen molar-refractivity contribution in [1.82, 2.24) is 20.4 Å². The van der Waals surface area contributed by atoms with Gasteiger partial charge in [-0.05, 0) is 56.1 Å². The van der Waals surface area contributed by atoms with Crippen molar-refractivity contribution in [2.45, 2.75) is 24.8 Å². The second-order valence-electron chi connectivity index (χ2n) is 6.02. The van der Waals surface area contributed by atoms with Crippen LogP contribution >= 0.6 is 12.4 Å². The van der Waals surface area contributed by atoms with Crippen molar-refractivity contribution in [3.05, 3.63) is 53.9 Å². The second kappa shape index (κ2) is 8.40. The Balaban J connectivity index is 0.00000225. The van der Waals surface area contributed by atoms with Gasteiger partial charge in [0.1, 0.15) is 17.2 Å². The number of carbonyl (C=O) groups is 1. The Morgan fingerprint density at radius 2 is 1.92 bits per heavy atom. The molecule has 25 heavy (non-hydrogen) atoms. The first-order chi connectivity index (χ1) is 11.6. The molecule has 0 saturated carbocycles. The number of piperidine rings is 1. The number of halogens is 3. The smallest absolute Gasteiger partial charge is 0.248 e. The van der Waals surface area contributed by atoms with Crippen molar-refractivity contribution in [3.8, 4) is 0 Å². The molecular formula is C17H21ClF2N4O. The maximum absolute atomic E-state index is 13.2. The van der Waals surface area contributed by atoms with Gasteiger partial charge in [0.05, 0.1) is 0 Å². The largest absolute Gasteiger partial charge is 0.354 e. The number of nitrogens with one attached hydrogen (secondary N) is 2. The minimum Gasteiger partial charge on any atom is -0.354 e. The van der Waals surface area contributed by atoms with Crippen molar-refractivity contribution in [2.75, 3.05) is 19.6 Å². The first kappa shape index (κ1) is 19.3. The summed E-state index contributed by atoms with van der Waals surface area (Å²) in [5.41, 5.74) is -0.187. The molecule has 0 atom stereocenters. The third-order valence-corrected chi connectivity index (χ3v) is 4.42. The summed E-state index contributed by atoms with van der Waals surface area (Å²) in [4.78, 5) is 12.8. The predicted octanol–water partition coefficient (Wildman–Crippen LogP) is 2.02. The number of hydrogen-bond acceptors (Lipinski definition) is 3. The zero-order valence-corrected chi connectivity index (χ0v) is 14.5. The summed E-state index contributed by atoms with van der Waals surface area (Å²) in [7, 11) is 0. The predicted molar refractivity (Wildman–Crippen MR) is 92.6 cm³/mol. The molecule has 0 radical (unpaired) electrons. The lowest BCUT2D eigenvalue weighted by Gasteiger charge is -2.36. The van der Waals surface area contributed by atoms with Crippen LogP contribution in [0.3, 0.4) is 0 Å². The van der Waals surface area contributed by atoms with Gasteiger partial charge in [0.15, 0.2) is 0 Å². The van der Waals surface area contributed by atoms with Gasteiger partial charge >= 0.3 is 0 Å². The molecule has 1 fully saturated rings. The lowest BCUT2D eigenvalue weighted by atomic mass is 9.87. The molecule has 2 N–H and O–H groups in total. The van der Waals surface area contributed by atoms with Crippen LogP contribution in [-0.4, -0.2) is 35.3 Å². The molecular weight excluding hydrogens is 350 g/mol. The van der Waals surface area contributed by atoms with E-state index in [4.69, 9.17) is 0 Å².